The van der Waals surface area contributed by atoms with Crippen molar-refractivity contribution in [2.75, 3.05) is 13.7 Å². The fraction of sp³-hybridized carbons (Fsp3) is 0.481. The van der Waals surface area contributed by atoms with E-state index in [0.29, 0.717) is 18.1 Å². The van der Waals surface area contributed by atoms with Crippen LogP contribution < -0.4 is 14.8 Å². The molecule has 0 spiro atoms. The summed E-state index contributed by atoms with van der Waals surface area (Å²) in [6.07, 6.45) is 6.31. The van der Waals surface area contributed by atoms with E-state index in [9.17, 15) is 9.59 Å². The van der Waals surface area contributed by atoms with Gasteiger partial charge in [0.05, 0.1) is 13.7 Å². The van der Waals surface area contributed by atoms with Gasteiger partial charge in [-0.05, 0) is 62.1 Å². The molecule has 2 aromatic rings. The number of carbonyl (C=O) groups is 2. The maximum Gasteiger partial charge on any atom is 0.242 e. The molecule has 0 aromatic heterocycles. The van der Waals surface area contributed by atoms with Crippen LogP contribution >= 0.6 is 11.6 Å². The van der Waals surface area contributed by atoms with Crippen LogP contribution in [0, 0.1) is 0 Å². The zero-order valence-electron chi connectivity index (χ0n) is 20.1. The van der Waals surface area contributed by atoms with Gasteiger partial charge in [0.25, 0.3) is 0 Å². The van der Waals surface area contributed by atoms with Crippen LogP contribution in [0.25, 0.3) is 0 Å². The van der Waals surface area contributed by atoms with E-state index >= 15 is 0 Å². The largest absolute Gasteiger partial charge is 0.497 e. The predicted octanol–water partition coefficient (Wildman–Crippen LogP) is 5.37. The molecule has 7 heteroatoms. The van der Waals surface area contributed by atoms with Gasteiger partial charge >= 0.3 is 0 Å². The summed E-state index contributed by atoms with van der Waals surface area (Å²) < 4.78 is 10.9. The number of halogens is 1. The number of ether oxygens (including phenoxy) is 2. The van der Waals surface area contributed by atoms with Crippen molar-refractivity contribution in [3.63, 3.8) is 0 Å². The Labute approximate surface area is 207 Å². The average molecular weight is 487 g/mol. The molecular formula is C27H35ClN2O4. The van der Waals surface area contributed by atoms with Crippen LogP contribution in [0.4, 0.5) is 0 Å². The van der Waals surface area contributed by atoms with Crippen molar-refractivity contribution in [3.05, 3.63) is 59.1 Å². The Morgan fingerprint density at radius 2 is 1.74 bits per heavy atom. The molecule has 0 radical (unpaired) electrons. The molecule has 2 amide bonds. The lowest BCUT2D eigenvalue weighted by Crippen LogP contribution is -2.50. The van der Waals surface area contributed by atoms with Gasteiger partial charge in [-0.3, -0.25) is 9.59 Å². The van der Waals surface area contributed by atoms with Crippen LogP contribution in [0.5, 0.6) is 11.5 Å². The Morgan fingerprint density at radius 3 is 2.41 bits per heavy atom. The number of amides is 2. The zero-order chi connectivity index (χ0) is 24.3. The summed E-state index contributed by atoms with van der Waals surface area (Å²) in [5.41, 5.74) is 0.823. The Bertz CT molecular complexity index is 928. The molecule has 6 nitrogen and oxygen atoms in total. The van der Waals surface area contributed by atoms with Crippen LogP contribution in [0.3, 0.4) is 0 Å². The molecule has 1 N–H and O–H groups in total. The lowest BCUT2D eigenvalue weighted by Gasteiger charge is -2.31. The van der Waals surface area contributed by atoms with Crippen molar-refractivity contribution in [1.29, 1.82) is 0 Å². The quantitative estimate of drug-likeness (QED) is 0.433. The number of nitrogens with one attached hydrogen (secondary N) is 1. The molecule has 184 valence electrons. The van der Waals surface area contributed by atoms with E-state index in [0.717, 1.165) is 42.7 Å². The molecule has 1 saturated carbocycles. The fourth-order valence-electron chi connectivity index (χ4n) is 4.19. The zero-order valence-corrected chi connectivity index (χ0v) is 20.9. The second kappa shape index (κ2) is 13.2. The number of hydrogen-bond acceptors (Lipinski definition) is 4. The summed E-state index contributed by atoms with van der Waals surface area (Å²) in [7, 11) is 1.62. The smallest absolute Gasteiger partial charge is 0.242 e. The maximum atomic E-state index is 13.2. The highest BCUT2D eigenvalue weighted by Gasteiger charge is 2.28. The first-order valence-electron chi connectivity index (χ1n) is 12.1. The van der Waals surface area contributed by atoms with Gasteiger partial charge in [-0.2, -0.15) is 0 Å². The van der Waals surface area contributed by atoms with Crippen LogP contribution in [0.15, 0.2) is 48.5 Å². The summed E-state index contributed by atoms with van der Waals surface area (Å²) in [6, 6.07) is 14.4. The highest BCUT2D eigenvalue weighted by molar-refractivity contribution is 6.31. The Morgan fingerprint density at radius 1 is 1.06 bits per heavy atom. The van der Waals surface area contributed by atoms with Crippen molar-refractivity contribution < 1.29 is 19.1 Å². The first-order valence-corrected chi connectivity index (χ1v) is 12.5. The summed E-state index contributed by atoms with van der Waals surface area (Å²) >= 11 is 6.36. The molecule has 0 saturated heterocycles. The first kappa shape index (κ1) is 25.9. The number of carbonyl (C=O) groups excluding carboxylic acids is 2. The topological polar surface area (TPSA) is 67.9 Å². The molecule has 34 heavy (non-hydrogen) atoms. The van der Waals surface area contributed by atoms with Crippen molar-refractivity contribution in [1.82, 2.24) is 10.2 Å². The van der Waals surface area contributed by atoms with Gasteiger partial charge in [0.15, 0.2) is 0 Å². The number of rotatable bonds is 11. The van der Waals surface area contributed by atoms with E-state index in [1.165, 1.54) is 6.42 Å². The third kappa shape index (κ3) is 7.66. The Hall–Kier alpha value is -2.73. The molecular weight excluding hydrogens is 452 g/mol. The molecule has 1 aliphatic rings. The van der Waals surface area contributed by atoms with Crippen LogP contribution in [0.1, 0.15) is 57.4 Å². The van der Waals surface area contributed by atoms with Gasteiger partial charge < -0.3 is 19.7 Å². The van der Waals surface area contributed by atoms with Crippen LogP contribution in [-0.2, 0) is 16.1 Å². The third-order valence-corrected chi connectivity index (χ3v) is 6.65. The molecule has 1 atom stereocenters. The van der Waals surface area contributed by atoms with Crippen LogP contribution in [0.2, 0.25) is 5.02 Å². The van der Waals surface area contributed by atoms with E-state index in [4.69, 9.17) is 21.1 Å². The van der Waals surface area contributed by atoms with Crippen molar-refractivity contribution in [2.24, 2.45) is 0 Å². The highest BCUT2D eigenvalue weighted by atomic mass is 35.5. The van der Waals surface area contributed by atoms with Gasteiger partial charge in [0, 0.05) is 24.0 Å². The van der Waals surface area contributed by atoms with Gasteiger partial charge in [-0.15, -0.1) is 0 Å². The SMILES string of the molecule is COc1ccc(OCCCC(=O)N(Cc2ccccc2Cl)[C@H](C)C(=O)NC2CCCCC2)cc1. The van der Waals surface area contributed by atoms with Crippen molar-refractivity contribution in [3.8, 4) is 11.5 Å². The summed E-state index contributed by atoms with van der Waals surface area (Å²) in [5, 5.41) is 3.74. The molecule has 0 unspecified atom stereocenters. The highest BCUT2D eigenvalue weighted by Crippen LogP contribution is 2.22. The minimum Gasteiger partial charge on any atom is -0.497 e. The summed E-state index contributed by atoms with van der Waals surface area (Å²) in [5.74, 6) is 1.28. The second-order valence-electron chi connectivity index (χ2n) is 8.76. The maximum absolute atomic E-state index is 13.2. The molecule has 3 rings (SSSR count). The molecule has 1 fully saturated rings. The van der Waals surface area contributed by atoms with Gasteiger partial charge in [0.2, 0.25) is 11.8 Å². The van der Waals surface area contributed by atoms with Crippen molar-refractivity contribution >= 4 is 23.4 Å². The Balaban J connectivity index is 1.59. The monoisotopic (exact) mass is 486 g/mol. The van der Waals surface area contributed by atoms with E-state index in [1.807, 2.05) is 42.5 Å². The molecule has 0 heterocycles. The molecule has 0 bridgehead atoms. The standard InChI is InChI=1S/C27H35ClN2O4/c1-20(27(32)29-22-10-4-3-5-11-22)30(19-21-9-6-7-12-25(21)28)26(31)13-8-18-34-24-16-14-23(33-2)15-17-24/h6-7,9,12,14-17,20,22H,3-5,8,10-11,13,18-19H2,1-2H3,(H,29,32)/t20-/m1/s1. The third-order valence-electron chi connectivity index (χ3n) is 6.28. The van der Waals surface area contributed by atoms with E-state index in [1.54, 1.807) is 25.0 Å². The number of hydrogen-bond donors (Lipinski definition) is 1. The number of methoxy groups -OCH3 is 1. The first-order chi connectivity index (χ1) is 16.5. The van der Waals surface area contributed by atoms with E-state index in [-0.39, 0.29) is 30.8 Å². The number of benzene rings is 2. The van der Waals surface area contributed by atoms with E-state index < -0.39 is 6.04 Å². The van der Waals surface area contributed by atoms with E-state index in [2.05, 4.69) is 5.32 Å². The van der Waals surface area contributed by atoms with Gasteiger partial charge in [0.1, 0.15) is 17.5 Å². The summed E-state index contributed by atoms with van der Waals surface area (Å²) in [4.78, 5) is 27.9. The Kier molecular flexibility index (Phi) is 10.1. The fourth-order valence-corrected chi connectivity index (χ4v) is 4.39. The van der Waals surface area contributed by atoms with Crippen LogP contribution in [-0.4, -0.2) is 42.5 Å². The minimum absolute atomic E-state index is 0.0930. The molecule has 2 aromatic carbocycles. The minimum atomic E-state index is -0.590. The lowest BCUT2D eigenvalue weighted by atomic mass is 9.95. The van der Waals surface area contributed by atoms with Crippen molar-refractivity contribution in [2.45, 2.75) is 70.5 Å². The average Bonchev–Trinajstić information content (AvgIpc) is 2.86. The second-order valence-corrected chi connectivity index (χ2v) is 9.17. The van der Waals surface area contributed by atoms with Gasteiger partial charge in [-0.25, -0.2) is 0 Å². The molecule has 1 aliphatic carbocycles. The molecule has 0 aliphatic heterocycles. The predicted molar refractivity (Wildman–Crippen MR) is 134 cm³/mol. The summed E-state index contributed by atoms with van der Waals surface area (Å²) in [6.45, 7) is 2.48. The number of nitrogens with zero attached hydrogens (tertiary/aromatic N) is 1. The van der Waals surface area contributed by atoms with Gasteiger partial charge in [-0.1, -0.05) is 49.1 Å². The lowest BCUT2D eigenvalue weighted by molar-refractivity contribution is -0.141. The normalized spacial score (nSPS) is 14.8.